The van der Waals surface area contributed by atoms with Gasteiger partial charge in [-0.05, 0) is 44.4 Å². The molecule has 0 aromatic heterocycles. The molecule has 2 atom stereocenters. The van der Waals surface area contributed by atoms with Crippen LogP contribution in [0.1, 0.15) is 25.3 Å². The van der Waals surface area contributed by atoms with E-state index in [1.54, 1.807) is 12.1 Å². The first-order valence-electron chi connectivity index (χ1n) is 6.40. The Morgan fingerprint density at radius 2 is 2.33 bits per heavy atom. The highest BCUT2D eigenvalue weighted by Crippen LogP contribution is 2.23. The van der Waals surface area contributed by atoms with Crippen molar-refractivity contribution in [2.75, 3.05) is 13.1 Å². The van der Waals surface area contributed by atoms with E-state index in [9.17, 15) is 9.50 Å². The predicted molar refractivity (Wildman–Crippen MR) is 71.1 cm³/mol. The molecule has 1 N–H and O–H groups in total. The van der Waals surface area contributed by atoms with Crippen LogP contribution in [0.3, 0.4) is 0 Å². The average Bonchev–Trinajstić information content (AvgIpc) is 2.33. The molecule has 1 aliphatic heterocycles. The van der Waals surface area contributed by atoms with Gasteiger partial charge in [-0.1, -0.05) is 17.7 Å². The summed E-state index contributed by atoms with van der Waals surface area (Å²) in [6.07, 6.45) is 1.82. The van der Waals surface area contributed by atoms with Crippen molar-refractivity contribution in [1.29, 1.82) is 0 Å². The van der Waals surface area contributed by atoms with Crippen LogP contribution in [0.5, 0.6) is 0 Å². The molecule has 0 amide bonds. The molecule has 18 heavy (non-hydrogen) atoms. The minimum atomic E-state index is -0.289. The van der Waals surface area contributed by atoms with E-state index >= 15 is 0 Å². The van der Waals surface area contributed by atoms with Crippen LogP contribution in [-0.4, -0.2) is 29.2 Å². The van der Waals surface area contributed by atoms with Gasteiger partial charge in [-0.3, -0.25) is 4.90 Å². The highest BCUT2D eigenvalue weighted by molar-refractivity contribution is 6.30. The molecule has 100 valence electrons. The molecule has 2 rings (SSSR count). The highest BCUT2D eigenvalue weighted by Gasteiger charge is 2.23. The summed E-state index contributed by atoms with van der Waals surface area (Å²) in [6.45, 7) is 4.22. The first-order valence-corrected chi connectivity index (χ1v) is 6.78. The second-order valence-electron chi connectivity index (χ2n) is 5.11. The quantitative estimate of drug-likeness (QED) is 0.913. The van der Waals surface area contributed by atoms with Gasteiger partial charge in [0, 0.05) is 23.7 Å². The molecule has 1 aromatic carbocycles. The van der Waals surface area contributed by atoms with Gasteiger partial charge < -0.3 is 5.11 Å². The molecule has 4 heteroatoms. The molecular weight excluding hydrogens is 253 g/mol. The van der Waals surface area contributed by atoms with Crippen LogP contribution < -0.4 is 0 Å². The Morgan fingerprint density at radius 1 is 1.56 bits per heavy atom. The number of hydrogen-bond donors (Lipinski definition) is 1. The first kappa shape index (κ1) is 13.8. The number of likely N-dealkylation sites (tertiary alicyclic amines) is 1. The molecule has 0 saturated carbocycles. The normalized spacial score (nSPS) is 23.0. The van der Waals surface area contributed by atoms with Crippen LogP contribution in [0.2, 0.25) is 5.02 Å². The number of benzene rings is 1. The Kier molecular flexibility index (Phi) is 4.60. The minimum Gasteiger partial charge on any atom is -0.393 e. The molecule has 0 radical (unpaired) electrons. The average molecular weight is 272 g/mol. The fraction of sp³-hybridized carbons (Fsp3) is 0.571. The fourth-order valence-electron chi connectivity index (χ4n) is 2.52. The Morgan fingerprint density at radius 3 is 3.00 bits per heavy atom. The van der Waals surface area contributed by atoms with Crippen molar-refractivity contribution in [2.45, 2.75) is 32.4 Å². The van der Waals surface area contributed by atoms with Crippen molar-refractivity contribution in [3.8, 4) is 0 Å². The molecule has 0 unspecified atom stereocenters. The number of rotatable bonds is 3. The van der Waals surface area contributed by atoms with Gasteiger partial charge in [0.1, 0.15) is 5.82 Å². The van der Waals surface area contributed by atoms with Crippen molar-refractivity contribution in [3.63, 3.8) is 0 Å². The summed E-state index contributed by atoms with van der Waals surface area (Å²) in [5.74, 6) is 0.0516. The zero-order valence-electron chi connectivity index (χ0n) is 10.6. The van der Waals surface area contributed by atoms with E-state index in [0.717, 1.165) is 25.9 Å². The van der Waals surface area contributed by atoms with Crippen LogP contribution in [-0.2, 0) is 6.54 Å². The lowest BCUT2D eigenvalue weighted by atomic mass is 9.93. The van der Waals surface area contributed by atoms with Crippen molar-refractivity contribution in [3.05, 3.63) is 34.6 Å². The maximum atomic E-state index is 13.7. The van der Waals surface area contributed by atoms with Gasteiger partial charge in [0.05, 0.1) is 6.10 Å². The van der Waals surface area contributed by atoms with Gasteiger partial charge >= 0.3 is 0 Å². The maximum Gasteiger partial charge on any atom is 0.129 e. The standard InChI is InChI=1S/C14H19ClFNO/c1-10(18)11-3-2-6-17(8-11)9-12-4-5-13(15)7-14(12)16/h4-5,7,10-11,18H,2-3,6,8-9H2,1H3/t10-,11+/m0/s1. The monoisotopic (exact) mass is 271 g/mol. The lowest BCUT2D eigenvalue weighted by Gasteiger charge is -2.34. The molecule has 2 nitrogen and oxygen atoms in total. The van der Waals surface area contributed by atoms with E-state index in [4.69, 9.17) is 11.6 Å². The lowest BCUT2D eigenvalue weighted by Crippen LogP contribution is -2.39. The number of piperidine rings is 1. The number of aliphatic hydroxyl groups is 1. The van der Waals surface area contributed by atoms with E-state index in [1.807, 2.05) is 6.92 Å². The molecular formula is C14H19ClFNO. The number of hydrogen-bond acceptors (Lipinski definition) is 2. The Balaban J connectivity index is 2.00. The van der Waals surface area contributed by atoms with Crippen molar-refractivity contribution in [1.82, 2.24) is 4.90 Å². The van der Waals surface area contributed by atoms with E-state index < -0.39 is 0 Å². The largest absolute Gasteiger partial charge is 0.393 e. The Labute approximate surface area is 112 Å². The van der Waals surface area contributed by atoms with Gasteiger partial charge in [0.2, 0.25) is 0 Å². The smallest absolute Gasteiger partial charge is 0.129 e. The molecule has 1 heterocycles. The summed E-state index contributed by atoms with van der Waals surface area (Å²) in [7, 11) is 0. The molecule has 1 aromatic rings. The molecule has 0 spiro atoms. The lowest BCUT2D eigenvalue weighted by molar-refractivity contribution is 0.0595. The second-order valence-corrected chi connectivity index (χ2v) is 5.55. The molecule has 0 aliphatic carbocycles. The van der Waals surface area contributed by atoms with Gasteiger partial charge in [-0.25, -0.2) is 4.39 Å². The van der Waals surface area contributed by atoms with Crippen molar-refractivity contribution < 1.29 is 9.50 Å². The van der Waals surface area contributed by atoms with Crippen LogP contribution in [0, 0.1) is 11.7 Å². The predicted octanol–water partition coefficient (Wildman–Crippen LogP) is 3.07. The Bertz CT molecular complexity index is 411. The zero-order chi connectivity index (χ0) is 13.1. The second kappa shape index (κ2) is 6.00. The molecule has 0 bridgehead atoms. The molecule has 1 saturated heterocycles. The topological polar surface area (TPSA) is 23.5 Å². The van der Waals surface area contributed by atoms with E-state index in [1.165, 1.54) is 6.07 Å². The van der Waals surface area contributed by atoms with Crippen molar-refractivity contribution >= 4 is 11.6 Å². The van der Waals surface area contributed by atoms with Crippen LogP contribution in [0.15, 0.2) is 18.2 Å². The van der Waals surface area contributed by atoms with Gasteiger partial charge in [-0.15, -0.1) is 0 Å². The highest BCUT2D eigenvalue weighted by atomic mass is 35.5. The summed E-state index contributed by atoms with van der Waals surface area (Å²) in [4.78, 5) is 2.20. The van der Waals surface area contributed by atoms with Crippen LogP contribution in [0.4, 0.5) is 4.39 Å². The first-order chi connectivity index (χ1) is 8.56. The number of aliphatic hydroxyl groups excluding tert-OH is 1. The zero-order valence-corrected chi connectivity index (χ0v) is 11.3. The van der Waals surface area contributed by atoms with E-state index in [-0.39, 0.29) is 11.9 Å². The van der Waals surface area contributed by atoms with Gasteiger partial charge in [-0.2, -0.15) is 0 Å². The number of halogens is 2. The minimum absolute atomic E-state index is 0.248. The summed E-state index contributed by atoms with van der Waals surface area (Å²) in [5, 5.41) is 10.1. The third-order valence-electron chi connectivity index (χ3n) is 3.63. The van der Waals surface area contributed by atoms with Crippen LogP contribution >= 0.6 is 11.6 Å². The molecule has 1 fully saturated rings. The summed E-state index contributed by atoms with van der Waals surface area (Å²) >= 11 is 5.74. The maximum absolute atomic E-state index is 13.7. The SMILES string of the molecule is C[C@H](O)[C@@H]1CCCN(Cc2ccc(Cl)cc2F)C1. The molecule has 1 aliphatic rings. The fourth-order valence-corrected chi connectivity index (χ4v) is 2.68. The van der Waals surface area contributed by atoms with Crippen LogP contribution in [0.25, 0.3) is 0 Å². The van der Waals surface area contributed by atoms with E-state index in [2.05, 4.69) is 4.90 Å². The van der Waals surface area contributed by atoms with E-state index in [0.29, 0.717) is 23.0 Å². The van der Waals surface area contributed by atoms with Gasteiger partial charge in [0.15, 0.2) is 0 Å². The third-order valence-corrected chi connectivity index (χ3v) is 3.87. The summed E-state index contributed by atoms with van der Waals surface area (Å²) in [6, 6.07) is 4.81. The number of nitrogens with zero attached hydrogens (tertiary/aromatic N) is 1. The third kappa shape index (κ3) is 3.44. The summed E-state index contributed by atoms with van der Waals surface area (Å²) < 4.78 is 13.7. The van der Waals surface area contributed by atoms with Gasteiger partial charge in [0.25, 0.3) is 0 Å². The summed E-state index contributed by atoms with van der Waals surface area (Å²) in [5.41, 5.74) is 0.672. The Hall–Kier alpha value is -0.640. The van der Waals surface area contributed by atoms with Crippen molar-refractivity contribution in [2.24, 2.45) is 5.92 Å².